The number of nitrogens with one attached hydrogen (secondary N) is 1. The molecule has 0 saturated heterocycles. The van der Waals surface area contributed by atoms with E-state index < -0.39 is 0 Å². The number of aromatic nitrogens is 1. The van der Waals surface area contributed by atoms with Crippen molar-refractivity contribution in [2.75, 3.05) is 38.3 Å². The highest BCUT2D eigenvalue weighted by Gasteiger charge is 2.29. The molecule has 1 N–H and O–H groups in total. The van der Waals surface area contributed by atoms with Gasteiger partial charge in [-0.1, -0.05) is 6.07 Å². The first-order chi connectivity index (χ1) is 10.3. The van der Waals surface area contributed by atoms with Crippen molar-refractivity contribution in [1.29, 1.82) is 0 Å². The molecule has 116 valence electrons. The molecule has 2 aliphatic carbocycles. The van der Waals surface area contributed by atoms with E-state index in [1.807, 2.05) is 6.20 Å². The molecule has 0 unspecified atom stereocenters. The van der Waals surface area contributed by atoms with Crippen molar-refractivity contribution in [3.63, 3.8) is 0 Å². The summed E-state index contributed by atoms with van der Waals surface area (Å²) in [4.78, 5) is 7.21. The number of nitrogens with zero attached hydrogens (tertiary/aromatic N) is 2. The second kappa shape index (κ2) is 7.23. The van der Waals surface area contributed by atoms with Crippen molar-refractivity contribution in [1.82, 2.24) is 10.3 Å². The minimum Gasteiger partial charge on any atom is -0.383 e. The van der Waals surface area contributed by atoms with Gasteiger partial charge < -0.3 is 15.0 Å². The van der Waals surface area contributed by atoms with E-state index in [9.17, 15) is 0 Å². The molecule has 4 heteroatoms. The zero-order chi connectivity index (χ0) is 14.5. The molecule has 1 aromatic rings. The van der Waals surface area contributed by atoms with Crippen LogP contribution in [0.25, 0.3) is 0 Å². The van der Waals surface area contributed by atoms with Gasteiger partial charge in [0.2, 0.25) is 0 Å². The smallest absolute Gasteiger partial charge is 0.128 e. The molecule has 4 nitrogen and oxygen atoms in total. The molecule has 2 saturated carbocycles. The Labute approximate surface area is 127 Å². The van der Waals surface area contributed by atoms with Gasteiger partial charge in [-0.15, -0.1) is 0 Å². The Bertz CT molecular complexity index is 412. The second-order valence-electron chi connectivity index (χ2n) is 6.49. The fourth-order valence-corrected chi connectivity index (χ4v) is 2.60. The van der Waals surface area contributed by atoms with E-state index in [2.05, 4.69) is 22.3 Å². The van der Waals surface area contributed by atoms with Gasteiger partial charge in [0.15, 0.2) is 0 Å². The van der Waals surface area contributed by atoms with Crippen LogP contribution in [0.3, 0.4) is 0 Å². The second-order valence-corrected chi connectivity index (χ2v) is 6.49. The van der Waals surface area contributed by atoms with Crippen LogP contribution in [0.2, 0.25) is 0 Å². The fourth-order valence-electron chi connectivity index (χ4n) is 2.60. The number of hydrogen-bond acceptors (Lipinski definition) is 4. The quantitative estimate of drug-likeness (QED) is 0.671. The maximum Gasteiger partial charge on any atom is 0.128 e. The number of methoxy groups -OCH3 is 1. The number of anilines is 1. The summed E-state index contributed by atoms with van der Waals surface area (Å²) in [6, 6.07) is 4.40. The van der Waals surface area contributed by atoms with Crippen LogP contribution in [-0.2, 0) is 11.3 Å². The summed E-state index contributed by atoms with van der Waals surface area (Å²) in [6.07, 6.45) is 7.64. The number of hydrogen-bond donors (Lipinski definition) is 1. The first kappa shape index (κ1) is 14.8. The van der Waals surface area contributed by atoms with Gasteiger partial charge in [-0.25, -0.2) is 4.98 Å². The van der Waals surface area contributed by atoms with Crippen LogP contribution < -0.4 is 10.2 Å². The van der Waals surface area contributed by atoms with E-state index >= 15 is 0 Å². The lowest BCUT2D eigenvalue weighted by atomic mass is 10.2. The molecule has 2 aliphatic rings. The lowest BCUT2D eigenvalue weighted by molar-refractivity contribution is 0.199. The number of ether oxygens (including phenoxy) is 1. The van der Waals surface area contributed by atoms with Gasteiger partial charge >= 0.3 is 0 Å². The number of pyridine rings is 1. The Morgan fingerprint density at radius 3 is 2.43 bits per heavy atom. The van der Waals surface area contributed by atoms with Crippen LogP contribution in [0.5, 0.6) is 0 Å². The summed E-state index contributed by atoms with van der Waals surface area (Å²) in [5.41, 5.74) is 1.24. The molecule has 3 rings (SSSR count). The third-order valence-corrected chi connectivity index (χ3v) is 4.30. The molecule has 0 aromatic carbocycles. The normalized spacial score (nSPS) is 18.0. The van der Waals surface area contributed by atoms with Crippen molar-refractivity contribution in [2.24, 2.45) is 11.8 Å². The molecule has 2 fully saturated rings. The van der Waals surface area contributed by atoms with E-state index in [1.165, 1.54) is 44.3 Å². The summed E-state index contributed by atoms with van der Waals surface area (Å²) in [5.74, 6) is 3.00. The molecule has 0 bridgehead atoms. The Morgan fingerprint density at radius 2 is 1.90 bits per heavy atom. The first-order valence-electron chi connectivity index (χ1n) is 8.24. The van der Waals surface area contributed by atoms with E-state index in [0.717, 1.165) is 37.4 Å². The maximum atomic E-state index is 5.03. The Balaban J connectivity index is 1.52. The Morgan fingerprint density at radius 1 is 1.19 bits per heavy atom. The summed E-state index contributed by atoms with van der Waals surface area (Å²) >= 11 is 0. The van der Waals surface area contributed by atoms with Gasteiger partial charge in [-0.3, -0.25) is 0 Å². The van der Waals surface area contributed by atoms with Gasteiger partial charge in [-0.2, -0.15) is 0 Å². The van der Waals surface area contributed by atoms with Gasteiger partial charge in [0, 0.05) is 39.5 Å². The largest absolute Gasteiger partial charge is 0.383 e. The van der Waals surface area contributed by atoms with Crippen molar-refractivity contribution < 1.29 is 4.74 Å². The summed E-state index contributed by atoms with van der Waals surface area (Å²) in [6.45, 7) is 4.90. The summed E-state index contributed by atoms with van der Waals surface area (Å²) in [7, 11) is 1.73. The predicted molar refractivity (Wildman–Crippen MR) is 85.5 cm³/mol. The molecule has 0 spiro atoms. The van der Waals surface area contributed by atoms with Crippen LogP contribution in [0, 0.1) is 11.8 Å². The van der Waals surface area contributed by atoms with Crippen LogP contribution in [0.1, 0.15) is 31.2 Å². The SMILES string of the molecule is COCCNCc1ccc(N(CC2CC2)CC2CC2)nc1. The van der Waals surface area contributed by atoms with Crippen molar-refractivity contribution in [2.45, 2.75) is 32.2 Å². The van der Waals surface area contributed by atoms with Crippen LogP contribution in [-0.4, -0.2) is 38.3 Å². The molecule has 0 atom stereocenters. The fraction of sp³-hybridized carbons (Fsp3) is 0.706. The standard InChI is InChI=1S/C17H27N3O/c1-21-9-8-18-10-16-6-7-17(19-11-16)20(12-14-2-3-14)13-15-4-5-15/h6-7,11,14-15,18H,2-5,8-10,12-13H2,1H3. The monoisotopic (exact) mass is 289 g/mol. The molecule has 0 amide bonds. The van der Waals surface area contributed by atoms with Crippen LogP contribution in [0.4, 0.5) is 5.82 Å². The predicted octanol–water partition coefficient (Wildman–Crippen LogP) is 2.44. The zero-order valence-electron chi connectivity index (χ0n) is 13.1. The van der Waals surface area contributed by atoms with Crippen molar-refractivity contribution >= 4 is 5.82 Å². The van der Waals surface area contributed by atoms with Crippen LogP contribution in [0.15, 0.2) is 18.3 Å². The summed E-state index contributed by atoms with van der Waals surface area (Å²) < 4.78 is 5.03. The summed E-state index contributed by atoms with van der Waals surface area (Å²) in [5, 5.41) is 3.36. The van der Waals surface area contributed by atoms with Crippen molar-refractivity contribution in [3.05, 3.63) is 23.9 Å². The molecule has 0 radical (unpaired) electrons. The minimum absolute atomic E-state index is 0.752. The van der Waals surface area contributed by atoms with Gasteiger partial charge in [0.05, 0.1) is 6.61 Å². The highest BCUT2D eigenvalue weighted by molar-refractivity contribution is 5.40. The Kier molecular flexibility index (Phi) is 5.09. The van der Waals surface area contributed by atoms with E-state index in [1.54, 1.807) is 7.11 Å². The van der Waals surface area contributed by atoms with E-state index in [0.29, 0.717) is 0 Å². The molecular weight excluding hydrogens is 262 g/mol. The highest BCUT2D eigenvalue weighted by atomic mass is 16.5. The third-order valence-electron chi connectivity index (χ3n) is 4.30. The maximum absolute atomic E-state index is 5.03. The van der Waals surface area contributed by atoms with Crippen LogP contribution >= 0.6 is 0 Å². The molecule has 0 aliphatic heterocycles. The minimum atomic E-state index is 0.752. The van der Waals surface area contributed by atoms with E-state index in [-0.39, 0.29) is 0 Å². The molecular formula is C17H27N3O. The van der Waals surface area contributed by atoms with Crippen molar-refractivity contribution in [3.8, 4) is 0 Å². The highest BCUT2D eigenvalue weighted by Crippen LogP contribution is 2.35. The van der Waals surface area contributed by atoms with Gasteiger partial charge in [0.25, 0.3) is 0 Å². The topological polar surface area (TPSA) is 37.4 Å². The first-order valence-corrected chi connectivity index (χ1v) is 8.24. The van der Waals surface area contributed by atoms with Gasteiger partial charge in [-0.05, 0) is 49.1 Å². The molecule has 1 aromatic heterocycles. The molecule has 21 heavy (non-hydrogen) atoms. The average molecular weight is 289 g/mol. The Hall–Kier alpha value is -1.13. The third kappa shape index (κ3) is 4.97. The average Bonchev–Trinajstić information content (AvgIpc) is 3.39. The van der Waals surface area contributed by atoms with Gasteiger partial charge in [0.1, 0.15) is 5.82 Å². The molecule has 1 heterocycles. The lowest BCUT2D eigenvalue weighted by Gasteiger charge is -2.23. The lowest BCUT2D eigenvalue weighted by Crippen LogP contribution is -2.29. The zero-order valence-corrected chi connectivity index (χ0v) is 13.1. The number of rotatable bonds is 10. The van der Waals surface area contributed by atoms with E-state index in [4.69, 9.17) is 9.72 Å².